The van der Waals surface area contributed by atoms with Crippen molar-refractivity contribution in [1.82, 2.24) is 0 Å². The Bertz CT molecular complexity index is 743. The first kappa shape index (κ1) is 24.5. The lowest BCUT2D eigenvalue weighted by atomic mass is 9.42. The van der Waals surface area contributed by atoms with Gasteiger partial charge < -0.3 is 10.2 Å². The Kier molecular flexibility index (Phi) is 6.51. The summed E-state index contributed by atoms with van der Waals surface area (Å²) in [5.74, 6) is 4.03. The van der Waals surface area contributed by atoms with E-state index in [2.05, 4.69) is 53.7 Å². The molecule has 3 heteroatoms. The maximum absolute atomic E-state index is 13.4. The first-order chi connectivity index (χ1) is 15.0. The van der Waals surface area contributed by atoms with Crippen LogP contribution in [0.2, 0.25) is 0 Å². The molecule has 0 amide bonds. The third-order valence-electron chi connectivity index (χ3n) is 11.3. The van der Waals surface area contributed by atoms with Gasteiger partial charge in [0.2, 0.25) is 0 Å². The minimum Gasteiger partial charge on any atom is -0.393 e. The maximum atomic E-state index is 13.4. The van der Waals surface area contributed by atoms with Crippen molar-refractivity contribution < 1.29 is 15.0 Å². The number of ketones is 1. The van der Waals surface area contributed by atoms with Gasteiger partial charge in [-0.2, -0.15) is 0 Å². The lowest BCUT2D eigenvalue weighted by Crippen LogP contribution is -2.67. The molecule has 10 atom stereocenters. The van der Waals surface area contributed by atoms with Gasteiger partial charge in [-0.15, -0.1) is 0 Å². The van der Waals surface area contributed by atoms with Crippen LogP contribution in [0, 0.1) is 52.3 Å². The summed E-state index contributed by atoms with van der Waals surface area (Å²) in [5, 5.41) is 21.8. The standard InChI is InChI=1S/C29H48O3/c1-7-20(18(2)3)9-8-19(4)23-10-11-24-22-16-26(31)29(32)17-21(30)12-15-28(29,6)25(22)13-14-27(23,24)5/h8-9,18-25,30,32H,7,10-17H2,1-6H3/b9-8+/t19-,20?,21+,22?,23?,24?,25?,27-,28-,29+/m1/s1. The van der Waals surface area contributed by atoms with Gasteiger partial charge in [-0.3, -0.25) is 4.79 Å². The number of aliphatic hydroxyl groups is 2. The molecule has 32 heavy (non-hydrogen) atoms. The fraction of sp³-hybridized carbons (Fsp3) is 0.897. The average Bonchev–Trinajstić information content (AvgIpc) is 3.08. The van der Waals surface area contributed by atoms with E-state index in [1.165, 1.54) is 25.7 Å². The molecule has 0 bridgehead atoms. The zero-order valence-electron chi connectivity index (χ0n) is 21.4. The zero-order chi connectivity index (χ0) is 23.5. The Morgan fingerprint density at radius 2 is 1.75 bits per heavy atom. The number of rotatable bonds is 5. The fourth-order valence-electron chi connectivity index (χ4n) is 9.21. The highest BCUT2D eigenvalue weighted by molar-refractivity contribution is 5.89. The molecule has 4 rings (SSSR count). The summed E-state index contributed by atoms with van der Waals surface area (Å²) in [6.07, 6.45) is 12.7. The minimum absolute atomic E-state index is 0.0170. The quantitative estimate of drug-likeness (QED) is 0.498. The summed E-state index contributed by atoms with van der Waals surface area (Å²) in [4.78, 5) is 13.4. The molecule has 4 aliphatic carbocycles. The first-order valence-electron chi connectivity index (χ1n) is 13.6. The van der Waals surface area contributed by atoms with Crippen molar-refractivity contribution in [3.8, 4) is 0 Å². The Morgan fingerprint density at radius 1 is 1.03 bits per heavy atom. The van der Waals surface area contributed by atoms with Crippen molar-refractivity contribution in [3.05, 3.63) is 12.2 Å². The highest BCUT2D eigenvalue weighted by Crippen LogP contribution is 2.68. The van der Waals surface area contributed by atoms with E-state index in [4.69, 9.17) is 0 Å². The molecule has 0 aromatic carbocycles. The lowest BCUT2D eigenvalue weighted by molar-refractivity contribution is -0.213. The summed E-state index contributed by atoms with van der Waals surface area (Å²) in [6.45, 7) is 14.0. The number of fused-ring (bicyclic) bond motifs is 5. The van der Waals surface area contributed by atoms with Crippen LogP contribution in [0.15, 0.2) is 12.2 Å². The summed E-state index contributed by atoms with van der Waals surface area (Å²) in [6, 6.07) is 0. The number of carbonyl (C=O) groups is 1. The second kappa shape index (κ2) is 8.52. The van der Waals surface area contributed by atoms with Gasteiger partial charge in [0.25, 0.3) is 0 Å². The van der Waals surface area contributed by atoms with Crippen LogP contribution in [0.25, 0.3) is 0 Å². The summed E-state index contributed by atoms with van der Waals surface area (Å²) < 4.78 is 0. The smallest absolute Gasteiger partial charge is 0.165 e. The molecule has 4 aliphatic rings. The van der Waals surface area contributed by atoms with Gasteiger partial charge in [-0.05, 0) is 91.8 Å². The van der Waals surface area contributed by atoms with Crippen molar-refractivity contribution in [2.24, 2.45) is 52.3 Å². The van der Waals surface area contributed by atoms with Gasteiger partial charge in [0.1, 0.15) is 5.60 Å². The van der Waals surface area contributed by atoms with Gasteiger partial charge >= 0.3 is 0 Å². The van der Waals surface area contributed by atoms with Gasteiger partial charge in [0.15, 0.2) is 5.78 Å². The molecular weight excluding hydrogens is 396 g/mol. The molecule has 0 saturated heterocycles. The molecule has 5 unspecified atom stereocenters. The van der Waals surface area contributed by atoms with Crippen LogP contribution in [-0.4, -0.2) is 27.7 Å². The van der Waals surface area contributed by atoms with Crippen LogP contribution >= 0.6 is 0 Å². The van der Waals surface area contributed by atoms with E-state index in [9.17, 15) is 15.0 Å². The third kappa shape index (κ3) is 3.56. The molecule has 3 nitrogen and oxygen atoms in total. The van der Waals surface area contributed by atoms with Gasteiger partial charge in [0.05, 0.1) is 6.10 Å². The minimum atomic E-state index is -1.32. The Hall–Kier alpha value is -0.670. The van der Waals surface area contributed by atoms with Crippen molar-refractivity contribution in [2.45, 2.75) is 111 Å². The van der Waals surface area contributed by atoms with Crippen LogP contribution < -0.4 is 0 Å². The van der Waals surface area contributed by atoms with E-state index in [1.807, 2.05) is 0 Å². The average molecular weight is 445 g/mol. The van der Waals surface area contributed by atoms with Crippen LogP contribution in [0.3, 0.4) is 0 Å². The molecule has 4 saturated carbocycles. The molecule has 0 aliphatic heterocycles. The summed E-state index contributed by atoms with van der Waals surface area (Å²) in [7, 11) is 0. The Balaban J connectivity index is 1.56. The maximum Gasteiger partial charge on any atom is 0.165 e. The number of allylic oxidation sites excluding steroid dienone is 2. The van der Waals surface area contributed by atoms with E-state index in [1.54, 1.807) is 0 Å². The largest absolute Gasteiger partial charge is 0.393 e. The molecule has 4 fully saturated rings. The van der Waals surface area contributed by atoms with Crippen LogP contribution in [0.4, 0.5) is 0 Å². The van der Waals surface area contributed by atoms with Crippen LogP contribution in [-0.2, 0) is 4.79 Å². The molecule has 0 aromatic heterocycles. The van der Waals surface area contributed by atoms with E-state index in [-0.39, 0.29) is 17.6 Å². The lowest BCUT2D eigenvalue weighted by Gasteiger charge is -2.63. The summed E-state index contributed by atoms with van der Waals surface area (Å²) in [5.41, 5.74) is -1.40. The SMILES string of the molecule is CCC(/C=C/[C@@H](C)C1CCC2C3CC(=O)[C@@]4(O)C[C@@H](O)CC[C@]4(C)C3CC[C@@]21C)C(C)C. The number of aliphatic hydroxyl groups excluding tert-OH is 1. The third-order valence-corrected chi connectivity index (χ3v) is 11.3. The van der Waals surface area contributed by atoms with Crippen molar-refractivity contribution in [3.63, 3.8) is 0 Å². The molecule has 0 spiro atoms. The normalized spacial score (nSPS) is 48.4. The van der Waals surface area contributed by atoms with Gasteiger partial charge in [0, 0.05) is 18.3 Å². The zero-order valence-corrected chi connectivity index (χ0v) is 21.4. The topological polar surface area (TPSA) is 57.5 Å². The predicted molar refractivity (Wildman–Crippen MR) is 130 cm³/mol. The number of hydrogen-bond acceptors (Lipinski definition) is 3. The number of Topliss-reactive ketones (excluding diaryl/α,β-unsaturated/α-hetero) is 1. The molecule has 0 heterocycles. The monoisotopic (exact) mass is 444 g/mol. The second-order valence-corrected chi connectivity index (χ2v) is 13.0. The molecule has 182 valence electrons. The number of hydrogen-bond donors (Lipinski definition) is 2. The Morgan fingerprint density at radius 3 is 2.41 bits per heavy atom. The second-order valence-electron chi connectivity index (χ2n) is 13.0. The number of carbonyl (C=O) groups excluding carboxylic acids is 1. The van der Waals surface area contributed by atoms with E-state index >= 15 is 0 Å². The molecule has 2 N–H and O–H groups in total. The molecule has 0 aromatic rings. The predicted octanol–water partition coefficient (Wildman–Crippen LogP) is 6.17. The summed E-state index contributed by atoms with van der Waals surface area (Å²) >= 11 is 0. The highest BCUT2D eigenvalue weighted by Gasteiger charge is 2.67. The van der Waals surface area contributed by atoms with Gasteiger partial charge in [-0.25, -0.2) is 0 Å². The molecule has 0 radical (unpaired) electrons. The van der Waals surface area contributed by atoms with Crippen LogP contribution in [0.5, 0.6) is 0 Å². The van der Waals surface area contributed by atoms with E-state index in [0.29, 0.717) is 53.3 Å². The molecular formula is C29H48O3. The van der Waals surface area contributed by atoms with Crippen LogP contribution in [0.1, 0.15) is 99.3 Å². The van der Waals surface area contributed by atoms with E-state index in [0.717, 1.165) is 19.3 Å². The fourth-order valence-corrected chi connectivity index (χ4v) is 9.21. The van der Waals surface area contributed by atoms with Crippen molar-refractivity contribution in [2.75, 3.05) is 0 Å². The van der Waals surface area contributed by atoms with Gasteiger partial charge in [-0.1, -0.05) is 53.7 Å². The Labute approximate surface area is 196 Å². The first-order valence-corrected chi connectivity index (χ1v) is 13.6. The van der Waals surface area contributed by atoms with Crippen molar-refractivity contribution >= 4 is 5.78 Å². The van der Waals surface area contributed by atoms with Crippen molar-refractivity contribution in [1.29, 1.82) is 0 Å². The van der Waals surface area contributed by atoms with E-state index < -0.39 is 11.7 Å². The highest BCUT2D eigenvalue weighted by atomic mass is 16.3.